The molecule has 3 nitrogen and oxygen atoms in total. The van der Waals surface area contributed by atoms with Crippen LogP contribution in [0.25, 0.3) is 0 Å². The summed E-state index contributed by atoms with van der Waals surface area (Å²) in [6.07, 6.45) is 0. The topological polar surface area (TPSA) is 33.2 Å². The summed E-state index contributed by atoms with van der Waals surface area (Å²) in [5.74, 6) is 0.0783. The molecule has 0 aliphatic rings. The van der Waals surface area contributed by atoms with E-state index in [1.165, 1.54) is 16.9 Å². The zero-order valence-electron chi connectivity index (χ0n) is 13.3. The first-order valence-electron chi connectivity index (χ1n) is 7.19. The second-order valence-electron chi connectivity index (χ2n) is 5.66. The van der Waals surface area contributed by atoms with Crippen LogP contribution in [0.4, 0.5) is 0 Å². The van der Waals surface area contributed by atoms with Gasteiger partial charge in [0.1, 0.15) is 4.88 Å². The summed E-state index contributed by atoms with van der Waals surface area (Å²) < 4.78 is 0. The number of rotatable bonds is 4. The Kier molecular flexibility index (Phi) is 4.78. The maximum Gasteiger partial charge on any atom is 0.266 e. The minimum atomic E-state index is 0.0783. The molecule has 0 aliphatic heterocycles. The van der Waals surface area contributed by atoms with Crippen LogP contribution in [0.1, 0.15) is 45.3 Å². The molecule has 0 bridgehead atoms. The summed E-state index contributed by atoms with van der Waals surface area (Å²) in [5.41, 5.74) is 3.21. The number of nitrogens with zero attached hydrogens (tertiary/aromatic N) is 2. The van der Waals surface area contributed by atoms with E-state index in [1.54, 1.807) is 0 Å². The molecule has 0 aliphatic carbocycles. The lowest BCUT2D eigenvalue weighted by atomic mass is 10.1. The Morgan fingerprint density at radius 1 is 1.29 bits per heavy atom. The number of carbonyl (C=O) groups is 1. The molecule has 112 valence electrons. The van der Waals surface area contributed by atoms with E-state index in [2.05, 4.69) is 44.0 Å². The smallest absolute Gasteiger partial charge is 0.266 e. The number of amides is 1. The predicted molar refractivity (Wildman–Crippen MR) is 87.8 cm³/mol. The first kappa shape index (κ1) is 15.7. The molecule has 2 rings (SSSR count). The van der Waals surface area contributed by atoms with Crippen molar-refractivity contribution in [1.29, 1.82) is 0 Å². The van der Waals surface area contributed by atoms with Gasteiger partial charge in [-0.15, -0.1) is 11.3 Å². The molecule has 0 unspecified atom stereocenters. The van der Waals surface area contributed by atoms with Crippen LogP contribution >= 0.6 is 11.3 Å². The highest BCUT2D eigenvalue weighted by atomic mass is 32.1. The standard InChI is InChI=1S/C17H22N2OS/c1-11(2)19(10-15-8-6-7-12(3)9-15)17(20)16-13(4)18-14(5)21-16/h6-9,11H,10H2,1-5H3. The number of carbonyl (C=O) groups excluding carboxylic acids is 1. The van der Waals surface area contributed by atoms with Crippen molar-refractivity contribution in [3.63, 3.8) is 0 Å². The molecule has 1 aromatic heterocycles. The van der Waals surface area contributed by atoms with E-state index in [-0.39, 0.29) is 11.9 Å². The summed E-state index contributed by atoms with van der Waals surface area (Å²) >= 11 is 1.48. The van der Waals surface area contributed by atoms with Crippen molar-refractivity contribution in [2.45, 2.75) is 47.2 Å². The Bertz CT molecular complexity index is 646. The minimum absolute atomic E-state index is 0.0783. The normalized spacial score (nSPS) is 11.0. The largest absolute Gasteiger partial charge is 0.331 e. The van der Waals surface area contributed by atoms with E-state index in [0.717, 1.165) is 21.1 Å². The number of hydrogen-bond donors (Lipinski definition) is 0. The lowest BCUT2D eigenvalue weighted by Gasteiger charge is -2.26. The molecule has 0 saturated heterocycles. The van der Waals surface area contributed by atoms with Crippen molar-refractivity contribution in [3.8, 4) is 0 Å². The third-order valence-corrected chi connectivity index (χ3v) is 4.48. The second kappa shape index (κ2) is 6.39. The molecule has 1 heterocycles. The van der Waals surface area contributed by atoms with E-state index >= 15 is 0 Å². The predicted octanol–water partition coefficient (Wildman–Crippen LogP) is 4.12. The van der Waals surface area contributed by atoms with Crippen molar-refractivity contribution in [2.24, 2.45) is 0 Å². The Morgan fingerprint density at radius 2 is 2.00 bits per heavy atom. The monoisotopic (exact) mass is 302 g/mol. The van der Waals surface area contributed by atoms with Gasteiger partial charge < -0.3 is 4.90 Å². The van der Waals surface area contributed by atoms with Gasteiger partial charge >= 0.3 is 0 Å². The molecule has 1 aromatic carbocycles. The molecule has 0 fully saturated rings. The van der Waals surface area contributed by atoms with Gasteiger partial charge in [0.15, 0.2) is 0 Å². The Labute approximate surface area is 130 Å². The number of benzene rings is 1. The average Bonchev–Trinajstić information content (AvgIpc) is 2.74. The first-order chi connectivity index (χ1) is 9.88. The fourth-order valence-electron chi connectivity index (χ4n) is 2.36. The molecular formula is C17H22N2OS. The summed E-state index contributed by atoms with van der Waals surface area (Å²) in [6.45, 7) is 10.7. The van der Waals surface area contributed by atoms with Gasteiger partial charge in [-0.3, -0.25) is 4.79 Å². The van der Waals surface area contributed by atoms with Crippen LogP contribution in [0.5, 0.6) is 0 Å². The van der Waals surface area contributed by atoms with Crippen LogP contribution in [0.15, 0.2) is 24.3 Å². The fraction of sp³-hybridized carbons (Fsp3) is 0.412. The van der Waals surface area contributed by atoms with Gasteiger partial charge in [0.2, 0.25) is 0 Å². The van der Waals surface area contributed by atoms with Crippen LogP contribution in [-0.4, -0.2) is 21.8 Å². The van der Waals surface area contributed by atoms with Crippen LogP contribution in [0, 0.1) is 20.8 Å². The van der Waals surface area contributed by atoms with E-state index in [0.29, 0.717) is 6.54 Å². The zero-order chi connectivity index (χ0) is 15.6. The number of aromatic nitrogens is 1. The Morgan fingerprint density at radius 3 is 2.52 bits per heavy atom. The van der Waals surface area contributed by atoms with Crippen molar-refractivity contribution in [2.75, 3.05) is 0 Å². The average molecular weight is 302 g/mol. The lowest BCUT2D eigenvalue weighted by Crippen LogP contribution is -2.36. The van der Waals surface area contributed by atoms with Crippen LogP contribution in [0.3, 0.4) is 0 Å². The molecule has 0 radical (unpaired) electrons. The number of thiazole rings is 1. The van der Waals surface area contributed by atoms with E-state index in [9.17, 15) is 4.79 Å². The quantitative estimate of drug-likeness (QED) is 0.851. The third-order valence-electron chi connectivity index (χ3n) is 3.42. The van der Waals surface area contributed by atoms with Crippen molar-refractivity contribution in [1.82, 2.24) is 9.88 Å². The first-order valence-corrected chi connectivity index (χ1v) is 8.00. The molecule has 0 spiro atoms. The summed E-state index contributed by atoms with van der Waals surface area (Å²) in [6, 6.07) is 8.46. The lowest BCUT2D eigenvalue weighted by molar-refractivity contribution is 0.0694. The highest BCUT2D eigenvalue weighted by Gasteiger charge is 2.23. The van der Waals surface area contributed by atoms with E-state index < -0.39 is 0 Å². The molecule has 0 N–H and O–H groups in total. The Balaban J connectivity index is 2.27. The van der Waals surface area contributed by atoms with Crippen LogP contribution in [0.2, 0.25) is 0 Å². The maximum absolute atomic E-state index is 12.8. The number of aryl methyl sites for hydroxylation is 3. The molecule has 0 atom stereocenters. The van der Waals surface area contributed by atoms with Gasteiger partial charge in [-0.25, -0.2) is 4.98 Å². The van der Waals surface area contributed by atoms with Crippen LogP contribution in [-0.2, 0) is 6.54 Å². The SMILES string of the molecule is Cc1cccc(CN(C(=O)c2sc(C)nc2C)C(C)C)c1. The van der Waals surface area contributed by atoms with Gasteiger partial charge in [-0.2, -0.15) is 0 Å². The molecule has 0 saturated carbocycles. The van der Waals surface area contributed by atoms with Gasteiger partial charge in [0, 0.05) is 12.6 Å². The highest BCUT2D eigenvalue weighted by molar-refractivity contribution is 7.13. The molecule has 1 amide bonds. The van der Waals surface area contributed by atoms with Gasteiger partial charge in [0.25, 0.3) is 5.91 Å². The number of hydrogen-bond acceptors (Lipinski definition) is 3. The minimum Gasteiger partial charge on any atom is -0.331 e. The van der Waals surface area contributed by atoms with Crippen molar-refractivity contribution in [3.05, 3.63) is 51.0 Å². The molecular weight excluding hydrogens is 280 g/mol. The van der Waals surface area contributed by atoms with Crippen molar-refractivity contribution >= 4 is 17.2 Å². The molecule has 4 heteroatoms. The summed E-state index contributed by atoms with van der Waals surface area (Å²) in [7, 11) is 0. The van der Waals surface area contributed by atoms with Gasteiger partial charge in [-0.05, 0) is 40.2 Å². The van der Waals surface area contributed by atoms with E-state index in [1.807, 2.05) is 24.8 Å². The fourth-order valence-corrected chi connectivity index (χ4v) is 3.23. The highest BCUT2D eigenvalue weighted by Crippen LogP contribution is 2.22. The molecule has 2 aromatic rings. The van der Waals surface area contributed by atoms with Gasteiger partial charge in [0.05, 0.1) is 10.7 Å². The molecule has 21 heavy (non-hydrogen) atoms. The van der Waals surface area contributed by atoms with Crippen molar-refractivity contribution < 1.29 is 4.79 Å². The van der Waals surface area contributed by atoms with E-state index in [4.69, 9.17) is 0 Å². The van der Waals surface area contributed by atoms with Crippen LogP contribution < -0.4 is 0 Å². The maximum atomic E-state index is 12.8. The zero-order valence-corrected chi connectivity index (χ0v) is 14.1. The van der Waals surface area contributed by atoms with Gasteiger partial charge in [-0.1, -0.05) is 29.8 Å². The Hall–Kier alpha value is -1.68. The summed E-state index contributed by atoms with van der Waals surface area (Å²) in [4.78, 5) is 19.8. The third kappa shape index (κ3) is 3.70. The summed E-state index contributed by atoms with van der Waals surface area (Å²) in [5, 5.41) is 0.940. The second-order valence-corrected chi connectivity index (χ2v) is 6.87.